The van der Waals surface area contributed by atoms with Crippen LogP contribution >= 0.6 is 11.8 Å². The fraction of sp³-hybridized carbons (Fsp3) is 0.364. The number of aromatic nitrogens is 4. The second-order valence-corrected chi connectivity index (χ2v) is 8.20. The van der Waals surface area contributed by atoms with E-state index in [1.165, 1.54) is 22.9 Å². The molecule has 0 spiro atoms. The van der Waals surface area contributed by atoms with Crippen molar-refractivity contribution in [3.8, 4) is 5.69 Å². The molecule has 0 aliphatic heterocycles. The topological polar surface area (TPSA) is 63.9 Å². The van der Waals surface area contributed by atoms with Crippen molar-refractivity contribution in [1.29, 1.82) is 0 Å². The fourth-order valence-corrected chi connectivity index (χ4v) is 3.94. The molecule has 29 heavy (non-hydrogen) atoms. The molecule has 0 radical (unpaired) electrons. The SMILES string of the molecule is CCCN(Cc1ccc(C)cc1)C(=O)CSc1nnnn1-c1ccc(C)cc1C. The van der Waals surface area contributed by atoms with Gasteiger partial charge in [-0.25, -0.2) is 0 Å². The highest BCUT2D eigenvalue weighted by molar-refractivity contribution is 7.99. The van der Waals surface area contributed by atoms with Crippen LogP contribution in [0.15, 0.2) is 47.6 Å². The summed E-state index contributed by atoms with van der Waals surface area (Å²) < 4.78 is 1.71. The van der Waals surface area contributed by atoms with Crippen LogP contribution in [0.25, 0.3) is 5.69 Å². The molecule has 0 aliphatic carbocycles. The van der Waals surface area contributed by atoms with E-state index in [0.29, 0.717) is 17.5 Å². The molecule has 6 nitrogen and oxygen atoms in total. The number of tetrazole rings is 1. The summed E-state index contributed by atoms with van der Waals surface area (Å²) in [6.07, 6.45) is 0.919. The van der Waals surface area contributed by atoms with E-state index in [1.807, 2.05) is 24.0 Å². The zero-order chi connectivity index (χ0) is 20.8. The second-order valence-electron chi connectivity index (χ2n) is 7.25. The molecule has 0 atom stereocenters. The van der Waals surface area contributed by atoms with Crippen LogP contribution in [-0.2, 0) is 11.3 Å². The van der Waals surface area contributed by atoms with Gasteiger partial charge in [-0.05, 0) is 54.8 Å². The molecule has 3 rings (SSSR count). The van der Waals surface area contributed by atoms with E-state index in [4.69, 9.17) is 0 Å². The Bertz CT molecular complexity index is 968. The van der Waals surface area contributed by atoms with E-state index in [-0.39, 0.29) is 5.91 Å². The molecular formula is C22H27N5OS. The molecule has 1 amide bonds. The zero-order valence-electron chi connectivity index (χ0n) is 17.4. The van der Waals surface area contributed by atoms with Gasteiger partial charge in [0.15, 0.2) is 0 Å². The number of nitrogens with zero attached hydrogens (tertiary/aromatic N) is 5. The summed E-state index contributed by atoms with van der Waals surface area (Å²) in [6.45, 7) is 9.60. The molecule has 1 aromatic heterocycles. The average Bonchev–Trinajstić information content (AvgIpc) is 3.15. The highest BCUT2D eigenvalue weighted by Gasteiger charge is 2.17. The van der Waals surface area contributed by atoms with Crippen molar-refractivity contribution < 1.29 is 4.79 Å². The van der Waals surface area contributed by atoms with E-state index in [1.54, 1.807) is 4.68 Å². The lowest BCUT2D eigenvalue weighted by atomic mass is 10.1. The third-order valence-electron chi connectivity index (χ3n) is 4.69. The van der Waals surface area contributed by atoms with Gasteiger partial charge in [0.05, 0.1) is 11.4 Å². The van der Waals surface area contributed by atoms with Gasteiger partial charge in [-0.2, -0.15) is 4.68 Å². The van der Waals surface area contributed by atoms with Gasteiger partial charge in [-0.3, -0.25) is 4.79 Å². The van der Waals surface area contributed by atoms with Crippen LogP contribution < -0.4 is 0 Å². The van der Waals surface area contributed by atoms with E-state index < -0.39 is 0 Å². The maximum absolute atomic E-state index is 12.9. The highest BCUT2D eigenvalue weighted by Crippen LogP contribution is 2.22. The number of amides is 1. The molecule has 1 heterocycles. The molecule has 7 heteroatoms. The summed E-state index contributed by atoms with van der Waals surface area (Å²) in [6, 6.07) is 14.5. The Morgan fingerprint density at radius 2 is 1.79 bits per heavy atom. The monoisotopic (exact) mass is 409 g/mol. The normalized spacial score (nSPS) is 10.9. The van der Waals surface area contributed by atoms with Crippen molar-refractivity contribution in [3.05, 3.63) is 64.7 Å². The predicted octanol–water partition coefficient (Wildman–Crippen LogP) is 4.12. The van der Waals surface area contributed by atoms with Crippen LogP contribution in [-0.4, -0.2) is 43.3 Å². The molecule has 2 aromatic carbocycles. The van der Waals surface area contributed by atoms with Crippen LogP contribution in [0.1, 0.15) is 35.6 Å². The van der Waals surface area contributed by atoms with Gasteiger partial charge < -0.3 is 4.90 Å². The van der Waals surface area contributed by atoms with E-state index >= 15 is 0 Å². The van der Waals surface area contributed by atoms with Crippen LogP contribution in [0.4, 0.5) is 0 Å². The maximum atomic E-state index is 12.9. The highest BCUT2D eigenvalue weighted by atomic mass is 32.2. The third kappa shape index (κ3) is 5.44. The first-order valence-electron chi connectivity index (χ1n) is 9.80. The predicted molar refractivity (Wildman–Crippen MR) is 116 cm³/mol. The largest absolute Gasteiger partial charge is 0.338 e. The molecule has 0 aliphatic rings. The summed E-state index contributed by atoms with van der Waals surface area (Å²) in [4.78, 5) is 14.8. The van der Waals surface area contributed by atoms with Crippen molar-refractivity contribution in [2.45, 2.75) is 45.8 Å². The second kappa shape index (κ2) is 9.69. The summed E-state index contributed by atoms with van der Waals surface area (Å²) in [7, 11) is 0. The van der Waals surface area contributed by atoms with E-state index in [2.05, 4.69) is 66.6 Å². The number of benzene rings is 2. The van der Waals surface area contributed by atoms with Gasteiger partial charge in [0, 0.05) is 13.1 Å². The molecule has 3 aromatic rings. The van der Waals surface area contributed by atoms with Gasteiger partial charge >= 0.3 is 0 Å². The molecule has 0 saturated heterocycles. The van der Waals surface area contributed by atoms with Gasteiger partial charge in [-0.15, -0.1) is 5.10 Å². The van der Waals surface area contributed by atoms with Crippen LogP contribution in [0.3, 0.4) is 0 Å². The Balaban J connectivity index is 1.69. The molecule has 0 bridgehead atoms. The first-order chi connectivity index (χ1) is 14.0. The Morgan fingerprint density at radius 3 is 2.48 bits per heavy atom. The lowest BCUT2D eigenvalue weighted by molar-refractivity contribution is -0.129. The Hall–Kier alpha value is -2.67. The summed E-state index contributed by atoms with van der Waals surface area (Å²) in [5.74, 6) is 0.393. The minimum absolute atomic E-state index is 0.0904. The molecule has 0 N–H and O–H groups in total. The van der Waals surface area contributed by atoms with Crippen LogP contribution in [0.5, 0.6) is 0 Å². The quantitative estimate of drug-likeness (QED) is 0.524. The first kappa shape index (κ1) is 21.0. The number of carbonyl (C=O) groups excluding carboxylic acids is 1. The molecule has 0 saturated carbocycles. The van der Waals surface area contributed by atoms with Gasteiger partial charge in [0.25, 0.3) is 0 Å². The van der Waals surface area contributed by atoms with Gasteiger partial charge in [0.2, 0.25) is 11.1 Å². The lowest BCUT2D eigenvalue weighted by Gasteiger charge is -2.22. The van der Waals surface area contributed by atoms with Crippen molar-refractivity contribution in [1.82, 2.24) is 25.1 Å². The van der Waals surface area contributed by atoms with Crippen LogP contribution in [0.2, 0.25) is 0 Å². The molecule has 0 fully saturated rings. The van der Waals surface area contributed by atoms with E-state index in [9.17, 15) is 4.79 Å². The number of hydrogen-bond donors (Lipinski definition) is 0. The lowest BCUT2D eigenvalue weighted by Crippen LogP contribution is -2.32. The Kier molecular flexibility index (Phi) is 7.04. The minimum Gasteiger partial charge on any atom is -0.338 e. The van der Waals surface area contributed by atoms with Crippen LogP contribution in [0, 0.1) is 20.8 Å². The molecule has 0 unspecified atom stereocenters. The Labute approximate surface area is 176 Å². The van der Waals surface area contributed by atoms with Crippen molar-refractivity contribution in [2.75, 3.05) is 12.3 Å². The number of hydrogen-bond acceptors (Lipinski definition) is 5. The van der Waals surface area contributed by atoms with Gasteiger partial charge in [0.1, 0.15) is 0 Å². The zero-order valence-corrected chi connectivity index (χ0v) is 18.2. The standard InChI is InChI=1S/C22H27N5OS/c1-5-12-26(14-19-9-6-16(2)7-10-19)21(28)15-29-22-23-24-25-27(22)20-11-8-17(3)13-18(20)4/h6-11,13H,5,12,14-15H2,1-4H3. The first-order valence-corrected chi connectivity index (χ1v) is 10.8. The minimum atomic E-state index is 0.0904. The van der Waals surface area contributed by atoms with Gasteiger partial charge in [-0.1, -0.05) is 66.2 Å². The van der Waals surface area contributed by atoms with Crippen molar-refractivity contribution in [3.63, 3.8) is 0 Å². The number of carbonyl (C=O) groups is 1. The maximum Gasteiger partial charge on any atom is 0.233 e. The fourth-order valence-electron chi connectivity index (χ4n) is 3.16. The molecular weight excluding hydrogens is 382 g/mol. The smallest absolute Gasteiger partial charge is 0.233 e. The van der Waals surface area contributed by atoms with E-state index in [0.717, 1.165) is 29.8 Å². The number of aryl methyl sites for hydroxylation is 3. The number of rotatable bonds is 8. The number of thioether (sulfide) groups is 1. The third-order valence-corrected chi connectivity index (χ3v) is 5.59. The summed E-state index contributed by atoms with van der Waals surface area (Å²) >= 11 is 1.37. The Morgan fingerprint density at radius 1 is 1.07 bits per heavy atom. The van der Waals surface area contributed by atoms with Crippen molar-refractivity contribution in [2.24, 2.45) is 0 Å². The molecule has 152 valence electrons. The summed E-state index contributed by atoms with van der Waals surface area (Å²) in [5.41, 5.74) is 5.58. The average molecular weight is 410 g/mol. The van der Waals surface area contributed by atoms with Crippen molar-refractivity contribution >= 4 is 17.7 Å². The summed E-state index contributed by atoms with van der Waals surface area (Å²) in [5, 5.41) is 12.7.